The van der Waals surface area contributed by atoms with Crippen LogP contribution in [0.3, 0.4) is 0 Å². The molecule has 33 heavy (non-hydrogen) atoms. The number of allylic oxidation sites excluding steroid dienone is 2. The first kappa shape index (κ1) is 31.1. The summed E-state index contributed by atoms with van der Waals surface area (Å²) in [5.74, 6) is -2.81. The number of hydrogen-bond acceptors (Lipinski definition) is 3. The van der Waals surface area contributed by atoms with Crippen molar-refractivity contribution in [2.24, 2.45) is 0 Å². The van der Waals surface area contributed by atoms with Crippen LogP contribution in [0.2, 0.25) is 0 Å². The topological polar surface area (TPSA) is 112 Å². The summed E-state index contributed by atoms with van der Waals surface area (Å²) < 4.78 is 0.258. The highest BCUT2D eigenvalue weighted by Crippen LogP contribution is 2.17. The fourth-order valence-electron chi connectivity index (χ4n) is 4.19. The van der Waals surface area contributed by atoms with Crippen LogP contribution in [-0.2, 0) is 14.4 Å². The van der Waals surface area contributed by atoms with Crippen LogP contribution < -0.4 is 0 Å². The Balaban J connectivity index is 4.18. The smallest absolute Gasteiger partial charge is 0.309 e. The van der Waals surface area contributed by atoms with E-state index in [9.17, 15) is 14.4 Å². The monoisotopic (exact) mass is 470 g/mol. The Morgan fingerprint density at radius 3 is 1.30 bits per heavy atom. The van der Waals surface area contributed by atoms with E-state index in [4.69, 9.17) is 15.3 Å². The van der Waals surface area contributed by atoms with Crippen LogP contribution in [-0.4, -0.2) is 63.9 Å². The molecule has 0 unspecified atom stereocenters. The molecule has 0 aliphatic heterocycles. The van der Waals surface area contributed by atoms with Gasteiger partial charge in [0.05, 0.1) is 45.4 Å². The van der Waals surface area contributed by atoms with Gasteiger partial charge in [-0.15, -0.1) is 0 Å². The fourth-order valence-corrected chi connectivity index (χ4v) is 4.19. The third-order valence-corrected chi connectivity index (χ3v) is 6.29. The van der Waals surface area contributed by atoms with Crippen molar-refractivity contribution in [3.63, 3.8) is 0 Å². The molecule has 0 saturated carbocycles. The minimum absolute atomic E-state index is 0.0779. The third-order valence-electron chi connectivity index (χ3n) is 6.29. The van der Waals surface area contributed by atoms with Crippen molar-refractivity contribution >= 4 is 17.9 Å². The van der Waals surface area contributed by atoms with Gasteiger partial charge >= 0.3 is 17.9 Å². The first-order valence-corrected chi connectivity index (χ1v) is 13.0. The molecule has 0 rings (SSSR count). The van der Waals surface area contributed by atoms with Gasteiger partial charge in [0.2, 0.25) is 0 Å². The van der Waals surface area contributed by atoms with Crippen LogP contribution in [0.4, 0.5) is 0 Å². The summed E-state index contributed by atoms with van der Waals surface area (Å²) in [5, 5.41) is 27.3. The van der Waals surface area contributed by atoms with Crippen molar-refractivity contribution in [1.29, 1.82) is 0 Å². The summed E-state index contributed by atoms with van der Waals surface area (Å²) in [5.41, 5.74) is 0. The first-order chi connectivity index (χ1) is 15.8. The van der Waals surface area contributed by atoms with Crippen molar-refractivity contribution in [3.05, 3.63) is 12.2 Å². The lowest BCUT2D eigenvalue weighted by Gasteiger charge is -2.38. The van der Waals surface area contributed by atoms with E-state index in [0.717, 1.165) is 32.1 Å². The molecule has 0 bridgehead atoms. The maximum absolute atomic E-state index is 11.1. The maximum atomic E-state index is 11.1. The van der Waals surface area contributed by atoms with E-state index >= 15 is 0 Å². The quantitative estimate of drug-likeness (QED) is 0.0923. The molecule has 0 spiro atoms. The van der Waals surface area contributed by atoms with Crippen LogP contribution in [0.5, 0.6) is 0 Å². The molecule has 0 atom stereocenters. The molecular weight excluding hydrogens is 422 g/mol. The normalized spacial score (nSPS) is 11.8. The fraction of sp³-hybridized carbons (Fsp3) is 0.808. The van der Waals surface area contributed by atoms with Gasteiger partial charge in [0.1, 0.15) is 0 Å². The Morgan fingerprint density at radius 1 is 0.545 bits per heavy atom. The Morgan fingerprint density at radius 2 is 0.909 bits per heavy atom. The molecule has 0 aliphatic rings. The summed E-state index contributed by atoms with van der Waals surface area (Å²) in [6, 6.07) is 0. The molecule has 7 nitrogen and oxygen atoms in total. The zero-order valence-corrected chi connectivity index (χ0v) is 20.8. The average Bonchev–Trinajstić information content (AvgIpc) is 2.76. The Hall–Kier alpha value is -1.89. The summed E-state index contributed by atoms with van der Waals surface area (Å²) in [6.45, 7) is 3.71. The van der Waals surface area contributed by atoms with Gasteiger partial charge in [-0.25, -0.2) is 0 Å². The molecule has 7 heteroatoms. The Bertz CT molecular complexity index is 515. The van der Waals surface area contributed by atoms with Crippen molar-refractivity contribution in [3.8, 4) is 0 Å². The largest absolute Gasteiger partial charge is 0.481 e. The molecule has 0 amide bonds. The van der Waals surface area contributed by atoms with Gasteiger partial charge in [-0.05, 0) is 38.5 Å². The van der Waals surface area contributed by atoms with Gasteiger partial charge in [-0.2, -0.15) is 0 Å². The number of quaternary nitrogens is 1. The van der Waals surface area contributed by atoms with Crippen LogP contribution in [0, 0.1) is 0 Å². The Kier molecular flexibility index (Phi) is 19.5. The highest BCUT2D eigenvalue weighted by atomic mass is 16.4. The molecule has 0 heterocycles. The van der Waals surface area contributed by atoms with Gasteiger partial charge in [0.15, 0.2) is 0 Å². The number of carbonyl (C=O) groups is 3. The van der Waals surface area contributed by atoms with Crippen LogP contribution in [0.25, 0.3) is 0 Å². The van der Waals surface area contributed by atoms with E-state index in [1.807, 2.05) is 0 Å². The summed E-state index contributed by atoms with van der Waals surface area (Å²) in [7, 11) is 0. The lowest BCUT2D eigenvalue weighted by Crippen LogP contribution is -2.52. The first-order valence-electron chi connectivity index (χ1n) is 13.0. The van der Waals surface area contributed by atoms with Gasteiger partial charge in [-0.1, -0.05) is 64.0 Å². The highest BCUT2D eigenvalue weighted by molar-refractivity contribution is 5.67. The molecule has 0 radical (unpaired) electrons. The second-order valence-electron chi connectivity index (χ2n) is 9.25. The van der Waals surface area contributed by atoms with E-state index in [0.29, 0.717) is 6.54 Å². The SMILES string of the molecule is CCCCCCC/C=C/CCCCCCCC[N+](CCC(=O)O)(CCC(=O)O)CCC(=O)O. The molecule has 0 aromatic heterocycles. The average molecular weight is 471 g/mol. The van der Waals surface area contributed by atoms with Gasteiger partial charge in [0, 0.05) is 0 Å². The molecular formula is C26H48NO6+. The van der Waals surface area contributed by atoms with E-state index in [2.05, 4.69) is 19.1 Å². The van der Waals surface area contributed by atoms with Crippen LogP contribution in [0.1, 0.15) is 110 Å². The summed E-state index contributed by atoms with van der Waals surface area (Å²) in [6.07, 6.45) is 19.8. The number of carboxylic acids is 3. The van der Waals surface area contributed by atoms with E-state index in [1.54, 1.807) is 0 Å². The number of aliphatic carboxylic acids is 3. The molecule has 3 N–H and O–H groups in total. The van der Waals surface area contributed by atoms with Gasteiger partial charge in [0.25, 0.3) is 0 Å². The van der Waals surface area contributed by atoms with Crippen molar-refractivity contribution < 1.29 is 34.2 Å². The minimum Gasteiger partial charge on any atom is -0.481 e. The van der Waals surface area contributed by atoms with Gasteiger partial charge < -0.3 is 19.8 Å². The zero-order valence-electron chi connectivity index (χ0n) is 20.8. The van der Waals surface area contributed by atoms with Crippen molar-refractivity contribution in [1.82, 2.24) is 0 Å². The number of carboxylic acid groups (broad SMARTS) is 3. The number of nitrogens with zero attached hydrogens (tertiary/aromatic N) is 1. The van der Waals surface area contributed by atoms with E-state index in [1.165, 1.54) is 51.4 Å². The summed E-state index contributed by atoms with van der Waals surface area (Å²) >= 11 is 0. The zero-order chi connectivity index (χ0) is 24.8. The van der Waals surface area contributed by atoms with Crippen LogP contribution in [0.15, 0.2) is 12.2 Å². The predicted molar refractivity (Wildman–Crippen MR) is 131 cm³/mol. The number of unbranched alkanes of at least 4 members (excludes halogenated alkanes) is 11. The molecule has 192 valence electrons. The highest BCUT2D eigenvalue weighted by Gasteiger charge is 2.29. The van der Waals surface area contributed by atoms with Crippen molar-refractivity contribution in [2.45, 2.75) is 110 Å². The third kappa shape index (κ3) is 20.4. The van der Waals surface area contributed by atoms with E-state index < -0.39 is 17.9 Å². The second-order valence-corrected chi connectivity index (χ2v) is 9.25. The minimum atomic E-state index is -0.936. The maximum Gasteiger partial charge on any atom is 0.309 e. The van der Waals surface area contributed by atoms with Gasteiger partial charge in [-0.3, -0.25) is 14.4 Å². The molecule has 0 saturated heterocycles. The van der Waals surface area contributed by atoms with Crippen LogP contribution >= 0.6 is 0 Å². The molecule has 0 aromatic carbocycles. The predicted octanol–water partition coefficient (Wildman–Crippen LogP) is 5.87. The molecule has 0 aliphatic carbocycles. The lowest BCUT2D eigenvalue weighted by molar-refractivity contribution is -0.927. The second kappa shape index (κ2) is 20.7. The standard InChI is InChI=1S/C26H47NO6/c1-2-3-4-5-6-7-8-9-10-11-12-13-14-15-16-20-27(21-17-24(28)29,22-18-25(30)31)23-19-26(32)33/h8-9H,2-7,10-23H2,1H3,(H2-,28,29,30,31,32,33)/p+1/b9-8+. The van der Waals surface area contributed by atoms with E-state index in [-0.39, 0.29) is 43.4 Å². The van der Waals surface area contributed by atoms with Crippen molar-refractivity contribution in [2.75, 3.05) is 26.2 Å². The Labute approximate surface area is 200 Å². The molecule has 0 fully saturated rings. The number of rotatable bonds is 24. The molecule has 0 aromatic rings. The lowest BCUT2D eigenvalue weighted by atomic mass is 10.1. The number of hydrogen-bond donors (Lipinski definition) is 3. The summed E-state index contributed by atoms with van der Waals surface area (Å²) in [4.78, 5) is 33.3.